The molecule has 1 heterocycles. The Labute approximate surface area is 155 Å². The zero-order chi connectivity index (χ0) is 19.4. The Morgan fingerprint density at radius 2 is 1.78 bits per heavy atom. The van der Waals surface area contributed by atoms with Gasteiger partial charge in [-0.25, -0.2) is 4.39 Å². The van der Waals surface area contributed by atoms with E-state index in [-0.39, 0.29) is 11.7 Å². The summed E-state index contributed by atoms with van der Waals surface area (Å²) in [5.41, 5.74) is 2.76. The van der Waals surface area contributed by atoms with Gasteiger partial charge >= 0.3 is 0 Å². The van der Waals surface area contributed by atoms with E-state index in [1.54, 1.807) is 44.2 Å². The highest BCUT2D eigenvalue weighted by molar-refractivity contribution is 6.04. The van der Waals surface area contributed by atoms with E-state index >= 15 is 0 Å². The van der Waals surface area contributed by atoms with E-state index in [2.05, 4.69) is 15.8 Å². The van der Waals surface area contributed by atoms with Crippen LogP contribution in [0.2, 0.25) is 0 Å². The van der Waals surface area contributed by atoms with Crippen molar-refractivity contribution in [2.75, 3.05) is 10.6 Å². The van der Waals surface area contributed by atoms with Crippen LogP contribution in [0.1, 0.15) is 29.5 Å². The number of nitrogens with one attached hydrogen (secondary N) is 2. The Bertz CT molecular complexity index is 998. The minimum absolute atomic E-state index is 0.00309. The maximum Gasteiger partial charge on any atom is 0.294 e. The molecule has 3 rings (SSSR count). The Kier molecular flexibility index (Phi) is 5.30. The van der Waals surface area contributed by atoms with E-state index in [0.717, 1.165) is 5.56 Å². The topological polar surface area (TPSA) is 84.2 Å². The van der Waals surface area contributed by atoms with Gasteiger partial charge < -0.3 is 15.2 Å². The second kappa shape index (κ2) is 7.82. The molecular formula is C20H18FN3O3. The predicted molar refractivity (Wildman–Crippen MR) is 99.9 cm³/mol. The highest BCUT2D eigenvalue weighted by Crippen LogP contribution is 2.25. The van der Waals surface area contributed by atoms with Crippen molar-refractivity contribution in [2.24, 2.45) is 0 Å². The number of aromatic nitrogens is 1. The first kappa shape index (κ1) is 18.3. The number of carbonyl (C=O) groups is 2. The van der Waals surface area contributed by atoms with Gasteiger partial charge in [-0.05, 0) is 36.8 Å². The zero-order valence-electron chi connectivity index (χ0n) is 14.9. The molecule has 138 valence electrons. The van der Waals surface area contributed by atoms with Crippen molar-refractivity contribution in [3.63, 3.8) is 0 Å². The lowest BCUT2D eigenvalue weighted by atomic mass is 10.1. The number of hydrogen-bond acceptors (Lipinski definition) is 4. The van der Waals surface area contributed by atoms with Crippen molar-refractivity contribution in [3.8, 4) is 11.3 Å². The second-order valence-electron chi connectivity index (χ2n) is 5.92. The summed E-state index contributed by atoms with van der Waals surface area (Å²) in [5.74, 6) is -1.01. The average Bonchev–Trinajstić information content (AvgIpc) is 3.15. The van der Waals surface area contributed by atoms with Crippen molar-refractivity contribution < 1.29 is 18.5 Å². The molecule has 0 spiro atoms. The lowest BCUT2D eigenvalue weighted by Gasteiger charge is -2.12. The number of halogens is 1. The fourth-order valence-corrected chi connectivity index (χ4v) is 2.50. The molecule has 0 aliphatic rings. The molecule has 2 amide bonds. The highest BCUT2D eigenvalue weighted by Gasteiger charge is 2.16. The fraction of sp³-hybridized carbons (Fsp3) is 0.150. The van der Waals surface area contributed by atoms with Crippen LogP contribution in [0.5, 0.6) is 0 Å². The van der Waals surface area contributed by atoms with E-state index in [4.69, 9.17) is 4.52 Å². The van der Waals surface area contributed by atoms with Crippen LogP contribution in [0.15, 0.2) is 53.1 Å². The lowest BCUT2D eigenvalue weighted by Crippen LogP contribution is -2.14. The molecule has 0 aliphatic carbocycles. The van der Waals surface area contributed by atoms with Crippen LogP contribution in [0.25, 0.3) is 11.3 Å². The van der Waals surface area contributed by atoms with Crippen LogP contribution in [0.4, 0.5) is 15.8 Å². The van der Waals surface area contributed by atoms with Crippen LogP contribution in [-0.2, 0) is 4.79 Å². The first-order chi connectivity index (χ1) is 13.0. The van der Waals surface area contributed by atoms with Crippen LogP contribution in [-0.4, -0.2) is 17.0 Å². The monoisotopic (exact) mass is 367 g/mol. The predicted octanol–water partition coefficient (Wildman–Crippen LogP) is 4.39. The number of carbonyl (C=O) groups excluding carboxylic acids is 2. The minimum atomic E-state index is -0.493. The van der Waals surface area contributed by atoms with Gasteiger partial charge in [0.15, 0.2) is 0 Å². The highest BCUT2D eigenvalue weighted by atomic mass is 19.1. The maximum atomic E-state index is 13.3. The van der Waals surface area contributed by atoms with Gasteiger partial charge in [-0.15, -0.1) is 0 Å². The molecule has 0 bridgehead atoms. The molecule has 0 atom stereocenters. The Balaban J connectivity index is 1.78. The number of nitrogens with zero attached hydrogens (tertiary/aromatic N) is 1. The summed E-state index contributed by atoms with van der Waals surface area (Å²) in [4.78, 5) is 24.1. The zero-order valence-corrected chi connectivity index (χ0v) is 14.9. The van der Waals surface area contributed by atoms with Gasteiger partial charge in [0.25, 0.3) is 5.91 Å². The largest absolute Gasteiger partial charge is 0.350 e. The number of anilines is 2. The fourth-order valence-electron chi connectivity index (χ4n) is 2.50. The number of hydrogen-bond donors (Lipinski definition) is 2. The molecule has 0 radical (unpaired) electrons. The van der Waals surface area contributed by atoms with E-state index in [9.17, 15) is 14.0 Å². The van der Waals surface area contributed by atoms with Crippen LogP contribution in [0, 0.1) is 12.7 Å². The summed E-state index contributed by atoms with van der Waals surface area (Å²) in [6.07, 6.45) is 0.358. The molecule has 0 saturated carbocycles. The summed E-state index contributed by atoms with van der Waals surface area (Å²) in [6.45, 7) is 3.55. The molecular weight excluding hydrogens is 349 g/mol. The Morgan fingerprint density at radius 3 is 2.48 bits per heavy atom. The van der Waals surface area contributed by atoms with Crippen molar-refractivity contribution in [1.29, 1.82) is 0 Å². The minimum Gasteiger partial charge on any atom is -0.350 e. The third-order valence-electron chi connectivity index (χ3n) is 4.03. The van der Waals surface area contributed by atoms with E-state index in [0.29, 0.717) is 29.1 Å². The number of amides is 2. The molecule has 0 saturated heterocycles. The van der Waals surface area contributed by atoms with Crippen molar-refractivity contribution >= 4 is 23.2 Å². The molecule has 27 heavy (non-hydrogen) atoms. The second-order valence-corrected chi connectivity index (χ2v) is 5.92. The van der Waals surface area contributed by atoms with Gasteiger partial charge in [-0.2, -0.15) is 0 Å². The number of rotatable bonds is 5. The van der Waals surface area contributed by atoms with Crippen molar-refractivity contribution in [3.05, 3.63) is 65.7 Å². The van der Waals surface area contributed by atoms with E-state index in [1.807, 2.05) is 0 Å². The average molecular weight is 367 g/mol. The summed E-state index contributed by atoms with van der Waals surface area (Å²) in [7, 11) is 0. The molecule has 0 aliphatic heterocycles. The summed E-state index contributed by atoms with van der Waals surface area (Å²) in [6, 6.07) is 12.5. The maximum absolute atomic E-state index is 13.3. The SMILES string of the molecule is CCC(=O)Nc1cccc(NC(=O)c2cc(-c3cccc(F)c3)no2)c1C. The van der Waals surface area contributed by atoms with Crippen molar-refractivity contribution in [1.82, 2.24) is 5.16 Å². The summed E-state index contributed by atoms with van der Waals surface area (Å²) >= 11 is 0. The third-order valence-corrected chi connectivity index (χ3v) is 4.03. The molecule has 6 nitrogen and oxygen atoms in total. The third kappa shape index (κ3) is 4.20. The first-order valence-electron chi connectivity index (χ1n) is 8.41. The molecule has 2 N–H and O–H groups in total. The standard InChI is InChI=1S/C20H18FN3O3/c1-3-19(25)22-15-8-5-9-16(12(15)2)23-20(26)18-11-17(24-27-18)13-6-4-7-14(21)10-13/h4-11H,3H2,1-2H3,(H,22,25)(H,23,26). The summed E-state index contributed by atoms with van der Waals surface area (Å²) < 4.78 is 18.4. The number of benzene rings is 2. The molecule has 3 aromatic rings. The normalized spacial score (nSPS) is 10.5. The van der Waals surface area contributed by atoms with Gasteiger partial charge in [-0.3, -0.25) is 9.59 Å². The van der Waals surface area contributed by atoms with Gasteiger partial charge in [-0.1, -0.05) is 30.3 Å². The lowest BCUT2D eigenvalue weighted by molar-refractivity contribution is -0.115. The van der Waals surface area contributed by atoms with Gasteiger partial charge in [0.05, 0.1) is 0 Å². The smallest absolute Gasteiger partial charge is 0.294 e. The van der Waals surface area contributed by atoms with Crippen LogP contribution in [0.3, 0.4) is 0 Å². The van der Waals surface area contributed by atoms with E-state index < -0.39 is 11.7 Å². The molecule has 0 unspecified atom stereocenters. The molecule has 0 fully saturated rings. The first-order valence-corrected chi connectivity index (χ1v) is 8.41. The Hall–Kier alpha value is -3.48. The van der Waals surface area contributed by atoms with Crippen LogP contribution >= 0.6 is 0 Å². The van der Waals surface area contributed by atoms with Gasteiger partial charge in [0.1, 0.15) is 11.5 Å². The molecule has 1 aromatic heterocycles. The van der Waals surface area contributed by atoms with Gasteiger partial charge in [0, 0.05) is 29.4 Å². The van der Waals surface area contributed by atoms with Crippen molar-refractivity contribution in [2.45, 2.75) is 20.3 Å². The van der Waals surface area contributed by atoms with Gasteiger partial charge in [0.2, 0.25) is 11.7 Å². The molecule has 2 aromatic carbocycles. The van der Waals surface area contributed by atoms with Crippen LogP contribution < -0.4 is 10.6 Å². The molecule has 7 heteroatoms. The van der Waals surface area contributed by atoms with E-state index in [1.165, 1.54) is 18.2 Å². The Morgan fingerprint density at radius 1 is 1.07 bits per heavy atom. The summed E-state index contributed by atoms with van der Waals surface area (Å²) in [5, 5.41) is 9.34. The quantitative estimate of drug-likeness (QED) is 0.700.